The normalized spacial score (nSPS) is 25.7. The van der Waals surface area contributed by atoms with Crippen LogP contribution < -0.4 is 10.6 Å². The van der Waals surface area contributed by atoms with Crippen molar-refractivity contribution in [2.24, 2.45) is 5.92 Å². The fraction of sp³-hybridized carbons (Fsp3) is 0.471. The van der Waals surface area contributed by atoms with Crippen LogP contribution in [0.15, 0.2) is 47.2 Å². The molecular weight excluding hydrogens is 262 g/mol. The number of carbonyl (C=O) groups is 1. The SMILES string of the molecule is CC1=CC(C2=CCC(C(=O)N3CCNCC3)C=C2)=CNC1. The van der Waals surface area contributed by atoms with E-state index in [9.17, 15) is 4.79 Å². The van der Waals surface area contributed by atoms with Crippen molar-refractivity contribution in [1.29, 1.82) is 0 Å². The molecule has 0 radical (unpaired) electrons. The maximum absolute atomic E-state index is 12.5. The van der Waals surface area contributed by atoms with Gasteiger partial charge in [0.15, 0.2) is 0 Å². The summed E-state index contributed by atoms with van der Waals surface area (Å²) >= 11 is 0. The predicted molar refractivity (Wildman–Crippen MR) is 84.6 cm³/mol. The number of dihydropyridines is 1. The number of carbonyl (C=O) groups excluding carboxylic acids is 1. The lowest BCUT2D eigenvalue weighted by Gasteiger charge is -2.30. The second-order valence-corrected chi connectivity index (χ2v) is 5.91. The summed E-state index contributed by atoms with van der Waals surface area (Å²) in [5.41, 5.74) is 3.76. The van der Waals surface area contributed by atoms with Gasteiger partial charge in [-0.15, -0.1) is 0 Å². The average molecular weight is 285 g/mol. The molecule has 1 atom stereocenters. The number of nitrogens with one attached hydrogen (secondary N) is 2. The highest BCUT2D eigenvalue weighted by molar-refractivity contribution is 5.81. The molecule has 1 amide bonds. The van der Waals surface area contributed by atoms with Gasteiger partial charge in [0.05, 0.1) is 5.92 Å². The Morgan fingerprint density at radius 2 is 2.10 bits per heavy atom. The van der Waals surface area contributed by atoms with E-state index >= 15 is 0 Å². The Labute approximate surface area is 126 Å². The molecule has 0 saturated carbocycles. The molecule has 2 aliphatic heterocycles. The van der Waals surface area contributed by atoms with E-state index in [-0.39, 0.29) is 11.8 Å². The number of nitrogens with zero attached hydrogens (tertiary/aromatic N) is 1. The Bertz CT molecular complexity index is 536. The van der Waals surface area contributed by atoms with Gasteiger partial charge < -0.3 is 15.5 Å². The van der Waals surface area contributed by atoms with Crippen LogP contribution in [-0.4, -0.2) is 43.5 Å². The summed E-state index contributed by atoms with van der Waals surface area (Å²) < 4.78 is 0. The van der Waals surface area contributed by atoms with Crippen LogP contribution in [0.25, 0.3) is 0 Å². The number of allylic oxidation sites excluding steroid dienone is 5. The predicted octanol–water partition coefficient (Wildman–Crippen LogP) is 1.35. The zero-order valence-corrected chi connectivity index (χ0v) is 12.6. The highest BCUT2D eigenvalue weighted by atomic mass is 16.2. The Balaban J connectivity index is 1.63. The highest BCUT2D eigenvalue weighted by Gasteiger charge is 2.24. The molecule has 1 aliphatic carbocycles. The van der Waals surface area contributed by atoms with Gasteiger partial charge in [0.1, 0.15) is 0 Å². The third-order valence-corrected chi connectivity index (χ3v) is 4.22. The Kier molecular flexibility index (Phi) is 4.25. The molecule has 4 nitrogen and oxygen atoms in total. The standard InChI is InChI=1S/C17H23N3O/c1-13-10-16(12-19-11-13)14-2-4-15(5-3-14)17(21)20-8-6-18-7-9-20/h2-4,10,12,15,18-19H,5-9,11H2,1H3. The number of rotatable bonds is 2. The van der Waals surface area contributed by atoms with Gasteiger partial charge in [-0.05, 0) is 24.5 Å². The summed E-state index contributed by atoms with van der Waals surface area (Å²) in [6.45, 7) is 6.53. The maximum Gasteiger partial charge on any atom is 0.229 e. The van der Waals surface area contributed by atoms with Crippen LogP contribution in [0.1, 0.15) is 13.3 Å². The summed E-state index contributed by atoms with van der Waals surface area (Å²) in [7, 11) is 0. The molecule has 2 N–H and O–H groups in total. The largest absolute Gasteiger partial charge is 0.387 e. The smallest absolute Gasteiger partial charge is 0.229 e. The van der Waals surface area contributed by atoms with Gasteiger partial charge >= 0.3 is 0 Å². The zero-order valence-electron chi connectivity index (χ0n) is 12.6. The van der Waals surface area contributed by atoms with Gasteiger partial charge in [0.25, 0.3) is 0 Å². The molecule has 0 aromatic heterocycles. The minimum Gasteiger partial charge on any atom is -0.387 e. The second-order valence-electron chi connectivity index (χ2n) is 5.91. The number of piperazine rings is 1. The summed E-state index contributed by atoms with van der Waals surface area (Å²) in [4.78, 5) is 14.4. The van der Waals surface area contributed by atoms with Crippen LogP contribution >= 0.6 is 0 Å². The van der Waals surface area contributed by atoms with Crippen LogP contribution in [0, 0.1) is 5.92 Å². The molecule has 21 heavy (non-hydrogen) atoms. The van der Waals surface area contributed by atoms with Crippen LogP contribution in [0.4, 0.5) is 0 Å². The van der Waals surface area contributed by atoms with E-state index in [1.165, 1.54) is 16.7 Å². The van der Waals surface area contributed by atoms with Crippen molar-refractivity contribution < 1.29 is 4.79 Å². The minimum absolute atomic E-state index is 0.00840. The third kappa shape index (κ3) is 3.27. The molecule has 2 heterocycles. The van der Waals surface area contributed by atoms with E-state index in [0.29, 0.717) is 0 Å². The third-order valence-electron chi connectivity index (χ3n) is 4.22. The molecule has 4 heteroatoms. The number of hydrogen-bond acceptors (Lipinski definition) is 3. The minimum atomic E-state index is 0.00840. The Morgan fingerprint density at radius 3 is 2.76 bits per heavy atom. The fourth-order valence-corrected chi connectivity index (χ4v) is 2.98. The highest BCUT2D eigenvalue weighted by Crippen LogP contribution is 2.25. The van der Waals surface area contributed by atoms with Crippen molar-refractivity contribution in [1.82, 2.24) is 15.5 Å². The van der Waals surface area contributed by atoms with Crippen molar-refractivity contribution in [3.63, 3.8) is 0 Å². The summed E-state index contributed by atoms with van der Waals surface area (Å²) in [6.07, 6.45) is 11.4. The summed E-state index contributed by atoms with van der Waals surface area (Å²) in [5, 5.41) is 6.56. The fourth-order valence-electron chi connectivity index (χ4n) is 2.98. The van der Waals surface area contributed by atoms with E-state index in [0.717, 1.165) is 39.1 Å². The molecule has 1 fully saturated rings. The monoisotopic (exact) mass is 285 g/mol. The summed E-state index contributed by atoms with van der Waals surface area (Å²) in [6, 6.07) is 0. The van der Waals surface area contributed by atoms with Crippen molar-refractivity contribution in [2.75, 3.05) is 32.7 Å². The lowest BCUT2D eigenvalue weighted by molar-refractivity contribution is -0.134. The van der Waals surface area contributed by atoms with Crippen molar-refractivity contribution in [3.8, 4) is 0 Å². The quantitative estimate of drug-likeness (QED) is 0.805. The van der Waals surface area contributed by atoms with E-state index in [1.807, 2.05) is 4.90 Å². The van der Waals surface area contributed by atoms with Gasteiger partial charge in [-0.2, -0.15) is 0 Å². The second kappa shape index (κ2) is 6.31. The number of hydrogen-bond donors (Lipinski definition) is 2. The van der Waals surface area contributed by atoms with Crippen molar-refractivity contribution in [2.45, 2.75) is 13.3 Å². The lowest BCUT2D eigenvalue weighted by atomic mass is 9.91. The van der Waals surface area contributed by atoms with E-state index < -0.39 is 0 Å². The molecule has 3 rings (SSSR count). The first-order valence-corrected chi connectivity index (χ1v) is 7.73. The molecule has 0 aromatic rings. The topological polar surface area (TPSA) is 44.4 Å². The van der Waals surface area contributed by atoms with E-state index in [1.54, 1.807) is 0 Å². The van der Waals surface area contributed by atoms with E-state index in [4.69, 9.17) is 0 Å². The molecule has 1 saturated heterocycles. The van der Waals surface area contributed by atoms with Gasteiger partial charge in [0, 0.05) is 38.9 Å². The molecule has 112 valence electrons. The first kappa shape index (κ1) is 14.1. The van der Waals surface area contributed by atoms with Crippen molar-refractivity contribution in [3.05, 3.63) is 47.2 Å². The van der Waals surface area contributed by atoms with Gasteiger partial charge in [-0.3, -0.25) is 4.79 Å². The van der Waals surface area contributed by atoms with Crippen LogP contribution in [0.5, 0.6) is 0 Å². The van der Waals surface area contributed by atoms with Gasteiger partial charge in [-0.25, -0.2) is 0 Å². The molecular formula is C17H23N3O. The molecule has 0 bridgehead atoms. The molecule has 0 spiro atoms. The van der Waals surface area contributed by atoms with Crippen LogP contribution in [0.2, 0.25) is 0 Å². The first-order valence-electron chi connectivity index (χ1n) is 7.73. The van der Waals surface area contributed by atoms with Gasteiger partial charge in [0.2, 0.25) is 5.91 Å². The van der Waals surface area contributed by atoms with Crippen LogP contribution in [0.3, 0.4) is 0 Å². The first-order chi connectivity index (χ1) is 10.2. The number of amides is 1. The van der Waals surface area contributed by atoms with Crippen LogP contribution in [-0.2, 0) is 4.79 Å². The Hall–Kier alpha value is -1.81. The molecule has 3 aliphatic rings. The van der Waals surface area contributed by atoms with Gasteiger partial charge in [-0.1, -0.05) is 29.9 Å². The zero-order chi connectivity index (χ0) is 14.7. The Morgan fingerprint density at radius 1 is 1.29 bits per heavy atom. The molecule has 1 unspecified atom stereocenters. The van der Waals surface area contributed by atoms with Crippen molar-refractivity contribution >= 4 is 5.91 Å². The lowest BCUT2D eigenvalue weighted by Crippen LogP contribution is -2.48. The summed E-state index contributed by atoms with van der Waals surface area (Å²) in [5.74, 6) is 0.277. The average Bonchev–Trinajstić information content (AvgIpc) is 2.55. The van der Waals surface area contributed by atoms with E-state index in [2.05, 4.69) is 48.1 Å². The molecule has 0 aromatic carbocycles. The maximum atomic E-state index is 12.5.